The summed E-state index contributed by atoms with van der Waals surface area (Å²) in [7, 11) is 0. The molecule has 18 nitrogen and oxygen atoms in total. The highest BCUT2D eigenvalue weighted by Gasteiger charge is 2.49. The van der Waals surface area contributed by atoms with Gasteiger partial charge in [-0.3, -0.25) is 4.79 Å². The van der Waals surface area contributed by atoms with Crippen LogP contribution in [0.2, 0.25) is 0 Å². The Morgan fingerprint density at radius 2 is 1.32 bits per heavy atom. The zero-order valence-electron chi connectivity index (χ0n) is 26.5. The van der Waals surface area contributed by atoms with Crippen LogP contribution in [-0.4, -0.2) is 144 Å². The average molecular weight is 711 g/mol. The second-order valence-corrected chi connectivity index (χ2v) is 12.4. The predicted molar refractivity (Wildman–Crippen MR) is 164 cm³/mol. The molecule has 0 aliphatic carbocycles. The minimum Gasteiger partial charge on any atom is -0.508 e. The molecule has 6 rings (SSSR count). The van der Waals surface area contributed by atoms with Gasteiger partial charge in [0.15, 0.2) is 12.1 Å². The van der Waals surface area contributed by atoms with Crippen molar-refractivity contribution in [2.75, 3.05) is 6.61 Å². The van der Waals surface area contributed by atoms with Gasteiger partial charge in [0.2, 0.25) is 23.8 Å². The van der Waals surface area contributed by atoms with Crippen LogP contribution in [0, 0.1) is 0 Å². The van der Waals surface area contributed by atoms with Crippen LogP contribution in [0.5, 0.6) is 23.0 Å². The molecule has 14 atom stereocenters. The number of aromatic hydroxyl groups is 2. The highest BCUT2D eigenvalue weighted by molar-refractivity contribution is 5.88. The maximum absolute atomic E-state index is 14.0. The first-order valence-corrected chi connectivity index (χ1v) is 15.6. The van der Waals surface area contributed by atoms with Gasteiger partial charge in [0.25, 0.3) is 0 Å². The summed E-state index contributed by atoms with van der Waals surface area (Å²) < 4.78 is 39.6. The summed E-state index contributed by atoms with van der Waals surface area (Å²) >= 11 is 0. The van der Waals surface area contributed by atoms with E-state index in [9.17, 15) is 55.9 Å². The number of hydrogen-bond donors (Lipinski definition) is 10. The molecular weight excluding hydrogens is 672 g/mol. The molecular formula is C32H38O18. The first-order valence-electron chi connectivity index (χ1n) is 15.6. The van der Waals surface area contributed by atoms with Gasteiger partial charge in [-0.2, -0.15) is 0 Å². The number of aliphatic hydroxyl groups excluding tert-OH is 8. The minimum absolute atomic E-state index is 0.122. The van der Waals surface area contributed by atoms with Crippen LogP contribution in [0.25, 0.3) is 22.3 Å². The summed E-state index contributed by atoms with van der Waals surface area (Å²) in [5, 5.41) is 103. The first-order chi connectivity index (χ1) is 23.7. The molecule has 0 unspecified atom stereocenters. The molecule has 0 radical (unpaired) electrons. The summed E-state index contributed by atoms with van der Waals surface area (Å²) in [5.74, 6) is -1.79. The molecule has 18 heteroatoms. The molecule has 3 aromatic rings. The van der Waals surface area contributed by atoms with E-state index in [1.54, 1.807) is 0 Å². The third-order valence-electron chi connectivity index (χ3n) is 8.85. The monoisotopic (exact) mass is 710 g/mol. The number of ether oxygens (including phenoxy) is 6. The third-order valence-corrected chi connectivity index (χ3v) is 8.85. The van der Waals surface area contributed by atoms with Crippen molar-refractivity contribution in [2.45, 2.75) is 99.9 Å². The van der Waals surface area contributed by atoms with Crippen LogP contribution in [0.3, 0.4) is 0 Å². The van der Waals surface area contributed by atoms with E-state index in [1.807, 2.05) is 0 Å². The third kappa shape index (κ3) is 6.73. The molecule has 3 saturated heterocycles. The smallest absolute Gasteiger partial charge is 0.239 e. The predicted octanol–water partition coefficient (Wildman–Crippen LogP) is -2.25. The normalized spacial score (nSPS) is 37.8. The van der Waals surface area contributed by atoms with Crippen molar-refractivity contribution in [3.63, 3.8) is 0 Å². The fraction of sp³-hybridized carbons (Fsp3) is 0.531. The van der Waals surface area contributed by atoms with E-state index in [-0.39, 0.29) is 35.0 Å². The van der Waals surface area contributed by atoms with E-state index in [0.29, 0.717) is 0 Å². The Kier molecular flexibility index (Phi) is 10.3. The van der Waals surface area contributed by atoms with Crippen LogP contribution in [0.15, 0.2) is 45.6 Å². The summed E-state index contributed by atoms with van der Waals surface area (Å²) in [4.78, 5) is 14.0. The molecule has 3 fully saturated rings. The molecule has 274 valence electrons. The van der Waals surface area contributed by atoms with Crippen molar-refractivity contribution in [2.24, 2.45) is 0 Å². The quantitative estimate of drug-likeness (QED) is 0.124. The number of phenols is 2. The van der Waals surface area contributed by atoms with E-state index in [4.69, 9.17) is 32.8 Å². The van der Waals surface area contributed by atoms with Crippen molar-refractivity contribution < 1.29 is 83.9 Å². The number of fused-ring (bicyclic) bond motifs is 1. The zero-order valence-corrected chi connectivity index (χ0v) is 26.5. The minimum atomic E-state index is -1.89. The lowest BCUT2D eigenvalue weighted by Gasteiger charge is -2.44. The zero-order chi connectivity index (χ0) is 36.2. The molecule has 0 saturated carbocycles. The summed E-state index contributed by atoms with van der Waals surface area (Å²) in [5.41, 5.74) is -1.02. The van der Waals surface area contributed by atoms with Gasteiger partial charge in [0.1, 0.15) is 83.2 Å². The van der Waals surface area contributed by atoms with E-state index < -0.39 is 108 Å². The lowest BCUT2D eigenvalue weighted by Crippen LogP contribution is -2.62. The molecule has 0 spiro atoms. The first kappa shape index (κ1) is 36.2. The van der Waals surface area contributed by atoms with Crippen molar-refractivity contribution in [3.05, 3.63) is 46.6 Å². The number of phenolic OH excluding ortho intramolecular Hbond substituents is 2. The summed E-state index contributed by atoms with van der Waals surface area (Å²) in [6, 6.07) is 7.56. The Balaban J connectivity index is 1.31. The standard InChI is InChI=1S/C32H38O18/c1-10-19(36)22(39)25(42)31(45-10)47-14-7-15(34)18-17(8-14)48-28(12-3-5-13(33)6-4-12)29(21(18)38)50-32-26(43)23(40)27(11(2)46-32)49-30-24(41)20(37)16(35)9-44-30/h3-8,10-11,16,19-20,22-27,30-37,39-43H,9H2,1-2H3/t10-,11-,16-,19-,20-,22+,23-,24+,25+,26+,27-,30+,31-,32-/m0/s1. The van der Waals surface area contributed by atoms with Crippen molar-refractivity contribution in [3.8, 4) is 34.3 Å². The van der Waals surface area contributed by atoms with E-state index in [2.05, 4.69) is 0 Å². The molecule has 0 bridgehead atoms. The number of hydrogen-bond acceptors (Lipinski definition) is 18. The Morgan fingerprint density at radius 1 is 0.700 bits per heavy atom. The average Bonchev–Trinajstić information content (AvgIpc) is 3.08. The highest BCUT2D eigenvalue weighted by Crippen LogP contribution is 2.39. The Labute approximate surface area is 282 Å². The lowest BCUT2D eigenvalue weighted by molar-refractivity contribution is -0.334. The largest absolute Gasteiger partial charge is 0.508 e. The number of rotatable bonds is 7. The van der Waals surface area contributed by atoms with Gasteiger partial charge in [-0.1, -0.05) is 0 Å². The van der Waals surface area contributed by atoms with Crippen LogP contribution < -0.4 is 14.9 Å². The van der Waals surface area contributed by atoms with Crippen LogP contribution in [0.4, 0.5) is 0 Å². The van der Waals surface area contributed by atoms with E-state index in [1.165, 1.54) is 44.2 Å². The van der Waals surface area contributed by atoms with Crippen molar-refractivity contribution in [1.29, 1.82) is 0 Å². The fourth-order valence-electron chi connectivity index (χ4n) is 5.94. The molecule has 3 aliphatic heterocycles. The molecule has 10 N–H and O–H groups in total. The van der Waals surface area contributed by atoms with Gasteiger partial charge in [-0.15, -0.1) is 0 Å². The van der Waals surface area contributed by atoms with Gasteiger partial charge in [-0.25, -0.2) is 0 Å². The van der Waals surface area contributed by atoms with Crippen LogP contribution in [0.1, 0.15) is 13.8 Å². The molecule has 4 heterocycles. The number of benzene rings is 2. The molecule has 2 aromatic carbocycles. The molecule has 3 aliphatic rings. The second kappa shape index (κ2) is 14.2. The molecule has 0 amide bonds. The Morgan fingerprint density at radius 3 is 2.02 bits per heavy atom. The highest BCUT2D eigenvalue weighted by atomic mass is 16.7. The van der Waals surface area contributed by atoms with Gasteiger partial charge in [-0.05, 0) is 38.1 Å². The number of aliphatic hydroxyl groups is 8. The summed E-state index contributed by atoms with van der Waals surface area (Å²) in [6.45, 7) is 2.50. The van der Waals surface area contributed by atoms with Crippen LogP contribution in [-0.2, 0) is 18.9 Å². The Bertz CT molecular complexity index is 1710. The van der Waals surface area contributed by atoms with Crippen molar-refractivity contribution >= 4 is 11.0 Å². The molecule has 1 aromatic heterocycles. The maximum atomic E-state index is 14.0. The summed E-state index contributed by atoms with van der Waals surface area (Å²) in [6.07, 6.45) is -21.1. The lowest BCUT2D eigenvalue weighted by atomic mass is 9.99. The maximum Gasteiger partial charge on any atom is 0.239 e. The van der Waals surface area contributed by atoms with Crippen molar-refractivity contribution in [1.82, 2.24) is 0 Å². The molecule has 50 heavy (non-hydrogen) atoms. The fourth-order valence-corrected chi connectivity index (χ4v) is 5.94. The van der Waals surface area contributed by atoms with E-state index >= 15 is 0 Å². The van der Waals surface area contributed by atoms with Gasteiger partial charge < -0.3 is 83.9 Å². The SMILES string of the molecule is C[C@@H]1O[C@@H](Oc2cc(O)c3c(=O)c(O[C@@H]4O[C@@H](C)[C@H](O[C@H]5OC[C@H](O)[C@H](O)[C@H]5O)[C@@H](O)[C@H]4O)c(-c4ccc(O)cc4)oc3c2)[C@H](O)[C@H](O)[C@H]1O. The topological polar surface area (TPSA) is 288 Å². The van der Waals surface area contributed by atoms with E-state index in [0.717, 1.165) is 6.07 Å². The van der Waals surface area contributed by atoms with Gasteiger partial charge in [0.05, 0.1) is 18.8 Å². The second-order valence-electron chi connectivity index (χ2n) is 12.4. The Hall–Kier alpha value is -3.63. The van der Waals surface area contributed by atoms with Gasteiger partial charge >= 0.3 is 0 Å². The van der Waals surface area contributed by atoms with Gasteiger partial charge in [0, 0.05) is 17.7 Å². The van der Waals surface area contributed by atoms with Crippen LogP contribution >= 0.6 is 0 Å².